The fourth-order valence-corrected chi connectivity index (χ4v) is 3.58. The van der Waals surface area contributed by atoms with E-state index in [0.29, 0.717) is 6.61 Å². The third-order valence-electron chi connectivity index (χ3n) is 5.08. The lowest BCUT2D eigenvalue weighted by Crippen LogP contribution is -2.39. The Labute approximate surface area is 166 Å². The molecule has 1 unspecified atom stereocenters. The highest BCUT2D eigenvalue weighted by Gasteiger charge is 2.26. The average molecular weight is 375 g/mol. The quantitative estimate of drug-likeness (QED) is 0.656. The number of methoxy groups -OCH3 is 1. The van der Waals surface area contributed by atoms with Crippen molar-refractivity contribution >= 4 is 0 Å². The molecule has 2 aromatic carbocycles. The molecule has 5 heteroatoms. The molecule has 144 valence electrons. The summed E-state index contributed by atoms with van der Waals surface area (Å²) in [4.78, 5) is 11.7. The lowest BCUT2D eigenvalue weighted by atomic mass is 10.0. The van der Waals surface area contributed by atoms with E-state index in [1.807, 2.05) is 24.3 Å². The number of aromatic nitrogens is 2. The predicted octanol–water partition coefficient (Wildman–Crippen LogP) is 3.77. The average Bonchev–Trinajstić information content (AvgIpc) is 2.78. The molecular formula is C23H25N3O2. The molecule has 0 bridgehead atoms. The summed E-state index contributed by atoms with van der Waals surface area (Å²) in [6, 6.07) is 18.5. The maximum atomic E-state index is 6.09. The molecule has 0 saturated carbocycles. The van der Waals surface area contributed by atoms with E-state index in [0.717, 1.165) is 48.8 Å². The number of rotatable bonds is 6. The summed E-state index contributed by atoms with van der Waals surface area (Å²) < 4.78 is 11.5. The molecule has 0 amide bonds. The summed E-state index contributed by atoms with van der Waals surface area (Å²) in [5.74, 6) is 0.808. The lowest BCUT2D eigenvalue weighted by molar-refractivity contribution is -0.0315. The maximum absolute atomic E-state index is 6.09. The minimum Gasteiger partial charge on any atom is -0.497 e. The molecule has 0 N–H and O–H groups in total. The number of nitrogens with zero attached hydrogens (tertiary/aromatic N) is 3. The highest BCUT2D eigenvalue weighted by Crippen LogP contribution is 2.30. The minimum atomic E-state index is -0.0839. The van der Waals surface area contributed by atoms with Crippen molar-refractivity contribution in [1.29, 1.82) is 0 Å². The summed E-state index contributed by atoms with van der Waals surface area (Å²) in [6.45, 7) is 3.48. The van der Waals surface area contributed by atoms with Gasteiger partial charge in [-0.25, -0.2) is 0 Å². The summed E-state index contributed by atoms with van der Waals surface area (Å²) >= 11 is 0. The van der Waals surface area contributed by atoms with Crippen molar-refractivity contribution in [3.63, 3.8) is 0 Å². The third-order valence-corrected chi connectivity index (χ3v) is 5.08. The molecule has 0 aliphatic carbocycles. The van der Waals surface area contributed by atoms with Crippen LogP contribution in [0, 0.1) is 0 Å². The van der Waals surface area contributed by atoms with Crippen LogP contribution in [-0.4, -0.2) is 48.2 Å². The van der Waals surface area contributed by atoms with Crippen molar-refractivity contribution in [3.8, 4) is 17.0 Å². The lowest BCUT2D eigenvalue weighted by Gasteiger charge is -2.33. The normalized spacial score (nSPS) is 17.4. The Hall–Kier alpha value is -2.76. The van der Waals surface area contributed by atoms with Crippen LogP contribution in [0.5, 0.6) is 5.75 Å². The monoisotopic (exact) mass is 375 g/mol. The molecule has 28 heavy (non-hydrogen) atoms. The van der Waals surface area contributed by atoms with Gasteiger partial charge in [-0.1, -0.05) is 42.5 Å². The van der Waals surface area contributed by atoms with Crippen molar-refractivity contribution < 1.29 is 9.47 Å². The van der Waals surface area contributed by atoms with Gasteiger partial charge in [-0.3, -0.25) is 14.9 Å². The van der Waals surface area contributed by atoms with Gasteiger partial charge in [-0.2, -0.15) is 0 Å². The van der Waals surface area contributed by atoms with Crippen LogP contribution in [0.3, 0.4) is 0 Å². The van der Waals surface area contributed by atoms with Crippen molar-refractivity contribution in [3.05, 3.63) is 78.2 Å². The number of ether oxygens (including phenoxy) is 2. The summed E-state index contributed by atoms with van der Waals surface area (Å²) in [6.07, 6.45) is 4.43. The number of hydrogen-bond acceptors (Lipinski definition) is 5. The summed E-state index contributed by atoms with van der Waals surface area (Å²) in [5.41, 5.74) is 4.10. The van der Waals surface area contributed by atoms with Crippen molar-refractivity contribution in [1.82, 2.24) is 14.9 Å². The first kappa shape index (κ1) is 18.6. The molecule has 4 rings (SSSR count). The van der Waals surface area contributed by atoms with Gasteiger partial charge in [0.15, 0.2) is 0 Å². The standard InChI is InChI=1S/C23H25N3O2/c1-27-20-9-5-8-19(16-20)22-23(25-12-11-24-22)21-17-26(14-15-28-21)13-10-18-6-3-2-4-7-18/h2-9,11-12,16,21H,10,13-15,17H2,1H3. The highest BCUT2D eigenvalue weighted by atomic mass is 16.5. The third kappa shape index (κ3) is 4.38. The molecule has 0 spiro atoms. The molecule has 0 radical (unpaired) electrons. The number of hydrogen-bond donors (Lipinski definition) is 0. The van der Waals surface area contributed by atoms with Crippen LogP contribution in [0.1, 0.15) is 17.4 Å². The molecule has 1 aromatic heterocycles. The topological polar surface area (TPSA) is 47.5 Å². The van der Waals surface area contributed by atoms with Gasteiger partial charge in [-0.15, -0.1) is 0 Å². The summed E-state index contributed by atoms with van der Waals surface area (Å²) in [7, 11) is 1.67. The van der Waals surface area contributed by atoms with Crippen molar-refractivity contribution in [2.24, 2.45) is 0 Å². The second kappa shape index (κ2) is 8.95. The molecule has 1 atom stereocenters. The van der Waals surface area contributed by atoms with Gasteiger partial charge in [0.05, 0.1) is 25.1 Å². The van der Waals surface area contributed by atoms with Gasteiger partial charge < -0.3 is 9.47 Å². The smallest absolute Gasteiger partial charge is 0.119 e. The van der Waals surface area contributed by atoms with Gasteiger partial charge in [-0.05, 0) is 24.1 Å². The van der Waals surface area contributed by atoms with Crippen LogP contribution >= 0.6 is 0 Å². The molecule has 3 aromatic rings. The Bertz CT molecular complexity index is 901. The van der Waals surface area contributed by atoms with E-state index in [9.17, 15) is 0 Å². The van der Waals surface area contributed by atoms with E-state index in [2.05, 4.69) is 45.2 Å². The van der Waals surface area contributed by atoms with Crippen LogP contribution < -0.4 is 4.74 Å². The SMILES string of the molecule is COc1cccc(-c2nccnc2C2CN(CCc3ccccc3)CCO2)c1. The molecule has 1 aliphatic heterocycles. The first-order chi connectivity index (χ1) is 13.8. The predicted molar refractivity (Wildman–Crippen MR) is 109 cm³/mol. The van der Waals surface area contributed by atoms with Gasteiger partial charge in [0, 0.05) is 37.6 Å². The van der Waals surface area contributed by atoms with E-state index in [1.54, 1.807) is 19.5 Å². The van der Waals surface area contributed by atoms with Crippen LogP contribution in [0.25, 0.3) is 11.3 Å². The minimum absolute atomic E-state index is 0.0839. The molecule has 1 fully saturated rings. The largest absolute Gasteiger partial charge is 0.497 e. The molecular weight excluding hydrogens is 350 g/mol. The Balaban J connectivity index is 1.50. The Morgan fingerprint density at radius 2 is 1.93 bits per heavy atom. The molecule has 2 heterocycles. The summed E-state index contributed by atoms with van der Waals surface area (Å²) in [5, 5.41) is 0. The zero-order chi connectivity index (χ0) is 19.2. The van der Waals surface area contributed by atoms with Crippen molar-refractivity contribution in [2.45, 2.75) is 12.5 Å². The zero-order valence-electron chi connectivity index (χ0n) is 16.1. The van der Waals surface area contributed by atoms with Gasteiger partial charge in [0.1, 0.15) is 11.9 Å². The second-order valence-electron chi connectivity index (χ2n) is 6.92. The van der Waals surface area contributed by atoms with E-state index in [1.165, 1.54) is 5.56 Å². The van der Waals surface area contributed by atoms with E-state index >= 15 is 0 Å². The maximum Gasteiger partial charge on any atom is 0.119 e. The first-order valence-electron chi connectivity index (χ1n) is 9.66. The van der Waals surface area contributed by atoms with Crippen LogP contribution in [0.4, 0.5) is 0 Å². The molecule has 5 nitrogen and oxygen atoms in total. The first-order valence-corrected chi connectivity index (χ1v) is 9.66. The number of morpholine rings is 1. The van der Waals surface area contributed by atoms with E-state index in [-0.39, 0.29) is 6.10 Å². The zero-order valence-corrected chi connectivity index (χ0v) is 16.1. The van der Waals surface area contributed by atoms with Gasteiger partial charge >= 0.3 is 0 Å². The number of benzene rings is 2. The van der Waals surface area contributed by atoms with Crippen molar-refractivity contribution in [2.75, 3.05) is 33.4 Å². The fraction of sp³-hybridized carbons (Fsp3) is 0.304. The van der Waals surface area contributed by atoms with Crippen LogP contribution in [-0.2, 0) is 11.2 Å². The second-order valence-corrected chi connectivity index (χ2v) is 6.92. The highest BCUT2D eigenvalue weighted by molar-refractivity contribution is 5.63. The Kier molecular flexibility index (Phi) is 5.95. The Morgan fingerprint density at radius 3 is 2.79 bits per heavy atom. The van der Waals surface area contributed by atoms with E-state index in [4.69, 9.17) is 9.47 Å². The van der Waals surface area contributed by atoms with Gasteiger partial charge in [0.25, 0.3) is 0 Å². The van der Waals surface area contributed by atoms with Gasteiger partial charge in [0.2, 0.25) is 0 Å². The molecule has 1 saturated heterocycles. The van der Waals surface area contributed by atoms with Crippen LogP contribution in [0.2, 0.25) is 0 Å². The fourth-order valence-electron chi connectivity index (χ4n) is 3.58. The molecule has 1 aliphatic rings. The van der Waals surface area contributed by atoms with E-state index < -0.39 is 0 Å². The Morgan fingerprint density at radius 1 is 1.07 bits per heavy atom. The van der Waals surface area contributed by atoms with Crippen LogP contribution in [0.15, 0.2) is 67.0 Å².